The standard InChI is InChI=1S/C13H22N4OS/c1-7(2)8-5-3-4-6-9(8)16-13-10(12(15)18)11(14)17-19-13/h7-9,16H,3-6H2,1-2H3,(H2,14,17)(H2,15,18). The molecule has 106 valence electrons. The van der Waals surface area contributed by atoms with Crippen LogP contribution < -0.4 is 16.8 Å². The van der Waals surface area contributed by atoms with Gasteiger partial charge in [-0.1, -0.05) is 26.7 Å². The number of nitrogens with zero attached hydrogens (tertiary/aromatic N) is 1. The van der Waals surface area contributed by atoms with Gasteiger partial charge >= 0.3 is 0 Å². The molecule has 0 radical (unpaired) electrons. The molecule has 1 aliphatic carbocycles. The Labute approximate surface area is 117 Å². The molecule has 2 unspecified atom stereocenters. The maximum Gasteiger partial charge on any atom is 0.255 e. The number of anilines is 2. The van der Waals surface area contributed by atoms with E-state index in [2.05, 4.69) is 23.5 Å². The highest BCUT2D eigenvalue weighted by Gasteiger charge is 2.29. The van der Waals surface area contributed by atoms with E-state index in [1.165, 1.54) is 30.8 Å². The number of amides is 1. The summed E-state index contributed by atoms with van der Waals surface area (Å²) in [7, 11) is 0. The first-order valence-electron chi connectivity index (χ1n) is 6.82. The molecule has 1 aromatic rings. The van der Waals surface area contributed by atoms with Crippen molar-refractivity contribution in [2.24, 2.45) is 17.6 Å². The molecule has 1 heterocycles. The van der Waals surface area contributed by atoms with Crippen molar-refractivity contribution in [3.63, 3.8) is 0 Å². The Morgan fingerprint density at radius 1 is 1.42 bits per heavy atom. The first-order valence-corrected chi connectivity index (χ1v) is 7.59. The van der Waals surface area contributed by atoms with E-state index in [1.807, 2.05) is 0 Å². The zero-order chi connectivity index (χ0) is 14.0. The molecule has 1 amide bonds. The molecule has 0 spiro atoms. The van der Waals surface area contributed by atoms with Crippen LogP contribution >= 0.6 is 11.5 Å². The van der Waals surface area contributed by atoms with Crippen LogP contribution in [0.3, 0.4) is 0 Å². The third kappa shape index (κ3) is 3.00. The van der Waals surface area contributed by atoms with E-state index < -0.39 is 5.91 Å². The van der Waals surface area contributed by atoms with Crippen LogP contribution in [0.25, 0.3) is 0 Å². The first-order chi connectivity index (χ1) is 9.00. The summed E-state index contributed by atoms with van der Waals surface area (Å²) in [5, 5.41) is 4.18. The van der Waals surface area contributed by atoms with Crippen LogP contribution in [0.1, 0.15) is 49.9 Å². The molecular formula is C13H22N4OS. The zero-order valence-electron chi connectivity index (χ0n) is 11.5. The highest BCUT2D eigenvalue weighted by atomic mass is 32.1. The molecule has 1 aromatic heterocycles. The number of nitrogen functional groups attached to an aromatic ring is 1. The predicted octanol–water partition coefficient (Wildman–Crippen LogP) is 2.45. The lowest BCUT2D eigenvalue weighted by Gasteiger charge is -2.35. The molecule has 19 heavy (non-hydrogen) atoms. The molecule has 1 aliphatic rings. The molecule has 0 aliphatic heterocycles. The zero-order valence-corrected chi connectivity index (χ0v) is 12.3. The van der Waals surface area contributed by atoms with Gasteiger partial charge in [0.25, 0.3) is 5.91 Å². The smallest absolute Gasteiger partial charge is 0.255 e. The van der Waals surface area contributed by atoms with Crippen LogP contribution in [-0.2, 0) is 0 Å². The number of nitrogens with two attached hydrogens (primary N) is 2. The second-order valence-corrected chi connectivity index (χ2v) is 6.35. The van der Waals surface area contributed by atoms with E-state index >= 15 is 0 Å². The quantitative estimate of drug-likeness (QED) is 0.790. The van der Waals surface area contributed by atoms with Crippen LogP contribution in [0.4, 0.5) is 10.8 Å². The molecule has 1 fully saturated rings. The molecular weight excluding hydrogens is 260 g/mol. The Morgan fingerprint density at radius 2 is 2.11 bits per heavy atom. The van der Waals surface area contributed by atoms with Crippen molar-refractivity contribution in [3.8, 4) is 0 Å². The van der Waals surface area contributed by atoms with Crippen molar-refractivity contribution in [2.45, 2.75) is 45.6 Å². The van der Waals surface area contributed by atoms with Gasteiger partial charge in [0, 0.05) is 6.04 Å². The van der Waals surface area contributed by atoms with Crippen molar-refractivity contribution >= 4 is 28.3 Å². The molecule has 0 bridgehead atoms. The van der Waals surface area contributed by atoms with Crippen molar-refractivity contribution in [1.29, 1.82) is 0 Å². The van der Waals surface area contributed by atoms with E-state index in [9.17, 15) is 4.79 Å². The van der Waals surface area contributed by atoms with Gasteiger partial charge in [0.15, 0.2) is 5.82 Å². The maximum absolute atomic E-state index is 11.4. The monoisotopic (exact) mass is 282 g/mol. The fourth-order valence-corrected chi connectivity index (χ4v) is 3.73. The van der Waals surface area contributed by atoms with Crippen molar-refractivity contribution in [2.75, 3.05) is 11.1 Å². The third-order valence-corrected chi connectivity index (χ3v) is 4.75. The van der Waals surface area contributed by atoms with Gasteiger partial charge in [-0.05, 0) is 36.2 Å². The van der Waals surface area contributed by atoms with Crippen LogP contribution in [0.2, 0.25) is 0 Å². The van der Waals surface area contributed by atoms with Gasteiger partial charge in [-0.3, -0.25) is 4.79 Å². The number of rotatable bonds is 4. The first kappa shape index (κ1) is 14.1. The van der Waals surface area contributed by atoms with Crippen LogP contribution in [-0.4, -0.2) is 16.3 Å². The van der Waals surface area contributed by atoms with Crippen molar-refractivity contribution in [3.05, 3.63) is 5.56 Å². The van der Waals surface area contributed by atoms with Gasteiger partial charge in [0.2, 0.25) is 0 Å². The van der Waals surface area contributed by atoms with E-state index in [0.29, 0.717) is 23.4 Å². The van der Waals surface area contributed by atoms with Gasteiger partial charge in [-0.25, -0.2) is 0 Å². The largest absolute Gasteiger partial charge is 0.382 e. The maximum atomic E-state index is 11.4. The predicted molar refractivity (Wildman–Crippen MR) is 79.3 cm³/mol. The fourth-order valence-electron chi connectivity index (χ4n) is 2.94. The molecule has 2 rings (SSSR count). The van der Waals surface area contributed by atoms with Gasteiger partial charge < -0.3 is 16.8 Å². The van der Waals surface area contributed by atoms with E-state index in [0.717, 1.165) is 11.4 Å². The second-order valence-electron chi connectivity index (χ2n) is 5.58. The average Bonchev–Trinajstić information content (AvgIpc) is 2.71. The van der Waals surface area contributed by atoms with E-state index in [1.54, 1.807) is 0 Å². The molecule has 2 atom stereocenters. The normalized spacial score (nSPS) is 23.5. The lowest BCUT2D eigenvalue weighted by molar-refractivity contribution is 0.100. The Morgan fingerprint density at radius 3 is 2.74 bits per heavy atom. The Bertz CT molecular complexity index is 457. The molecule has 6 heteroatoms. The van der Waals surface area contributed by atoms with E-state index in [-0.39, 0.29) is 5.82 Å². The van der Waals surface area contributed by atoms with Gasteiger partial charge in [-0.15, -0.1) is 0 Å². The van der Waals surface area contributed by atoms with Crippen LogP contribution in [0.15, 0.2) is 0 Å². The van der Waals surface area contributed by atoms with Crippen molar-refractivity contribution < 1.29 is 4.79 Å². The fraction of sp³-hybridized carbons (Fsp3) is 0.692. The number of aromatic nitrogens is 1. The minimum absolute atomic E-state index is 0.233. The molecule has 1 saturated carbocycles. The number of primary amides is 1. The summed E-state index contributed by atoms with van der Waals surface area (Å²) in [5.41, 5.74) is 11.4. The summed E-state index contributed by atoms with van der Waals surface area (Å²) in [4.78, 5) is 11.4. The number of nitrogens with one attached hydrogen (secondary N) is 1. The van der Waals surface area contributed by atoms with Gasteiger partial charge in [-0.2, -0.15) is 4.37 Å². The number of carbonyl (C=O) groups excluding carboxylic acids is 1. The van der Waals surface area contributed by atoms with E-state index in [4.69, 9.17) is 11.5 Å². The number of hydrogen-bond donors (Lipinski definition) is 3. The summed E-state index contributed by atoms with van der Waals surface area (Å²) in [5.74, 6) is 0.973. The lowest BCUT2D eigenvalue weighted by atomic mass is 9.78. The third-order valence-electron chi connectivity index (χ3n) is 3.96. The molecule has 0 saturated heterocycles. The Hall–Kier alpha value is -1.30. The molecule has 5 nitrogen and oxygen atoms in total. The SMILES string of the molecule is CC(C)C1CCCCC1Nc1snc(N)c1C(N)=O. The second kappa shape index (κ2) is 5.77. The van der Waals surface area contributed by atoms with Crippen molar-refractivity contribution in [1.82, 2.24) is 4.37 Å². The highest BCUT2D eigenvalue weighted by molar-refractivity contribution is 7.11. The topological polar surface area (TPSA) is 94.0 Å². The minimum Gasteiger partial charge on any atom is -0.382 e. The van der Waals surface area contributed by atoms with Gasteiger partial charge in [0.1, 0.15) is 10.6 Å². The minimum atomic E-state index is -0.509. The van der Waals surface area contributed by atoms with Crippen LogP contribution in [0.5, 0.6) is 0 Å². The number of hydrogen-bond acceptors (Lipinski definition) is 5. The average molecular weight is 282 g/mol. The summed E-state index contributed by atoms with van der Waals surface area (Å²) >= 11 is 1.22. The van der Waals surface area contributed by atoms with Crippen LogP contribution in [0, 0.1) is 11.8 Å². The molecule has 0 aromatic carbocycles. The highest BCUT2D eigenvalue weighted by Crippen LogP contribution is 2.35. The summed E-state index contributed by atoms with van der Waals surface area (Å²) in [6.45, 7) is 4.50. The Kier molecular flexibility index (Phi) is 4.29. The van der Waals surface area contributed by atoms with Gasteiger partial charge in [0.05, 0.1) is 0 Å². The molecule has 5 N–H and O–H groups in total. The summed E-state index contributed by atoms with van der Waals surface area (Å²) in [6.07, 6.45) is 4.87. The lowest BCUT2D eigenvalue weighted by Crippen LogP contribution is -2.35. The summed E-state index contributed by atoms with van der Waals surface area (Å²) < 4.78 is 4.03. The number of carbonyl (C=O) groups is 1. The summed E-state index contributed by atoms with van der Waals surface area (Å²) in [6, 6.07) is 0.381. The Balaban J connectivity index is 2.17.